The maximum absolute atomic E-state index is 12.2. The van der Waals surface area contributed by atoms with Crippen LogP contribution in [0.1, 0.15) is 12.5 Å². The normalized spacial score (nSPS) is 10.7. The number of esters is 1. The lowest BCUT2D eigenvalue weighted by atomic mass is 10.2. The summed E-state index contributed by atoms with van der Waals surface area (Å²) in [6.45, 7) is 1.37. The van der Waals surface area contributed by atoms with Gasteiger partial charge in [0.05, 0.1) is 6.54 Å². The fourth-order valence-corrected chi connectivity index (χ4v) is 2.19. The highest BCUT2D eigenvalue weighted by Crippen LogP contribution is 2.08. The summed E-state index contributed by atoms with van der Waals surface area (Å²) in [7, 11) is 0. The van der Waals surface area contributed by atoms with Crippen molar-refractivity contribution in [1.29, 1.82) is 0 Å². The summed E-state index contributed by atoms with van der Waals surface area (Å²) < 4.78 is 10.4. The van der Waals surface area contributed by atoms with Gasteiger partial charge in [-0.3, -0.25) is 9.59 Å². The van der Waals surface area contributed by atoms with Crippen LogP contribution in [0.2, 0.25) is 0 Å². The van der Waals surface area contributed by atoms with E-state index in [1.807, 2.05) is 36.4 Å². The number of carbonyl (C=O) groups is 3. The van der Waals surface area contributed by atoms with E-state index in [4.69, 9.17) is 9.47 Å². The first kappa shape index (κ1) is 20.7. The summed E-state index contributed by atoms with van der Waals surface area (Å²) in [6.07, 6.45) is 1.48. The molecule has 0 saturated carbocycles. The second-order valence-corrected chi connectivity index (χ2v) is 5.74. The first-order valence-electron chi connectivity index (χ1n) is 8.70. The number of para-hydroxylation sites is 1. The fourth-order valence-electron chi connectivity index (χ4n) is 2.19. The van der Waals surface area contributed by atoms with Gasteiger partial charge < -0.3 is 20.1 Å². The Morgan fingerprint density at radius 1 is 0.964 bits per heavy atom. The van der Waals surface area contributed by atoms with Crippen LogP contribution in [0.3, 0.4) is 0 Å². The number of hydrogen-bond acceptors (Lipinski definition) is 5. The van der Waals surface area contributed by atoms with Gasteiger partial charge >= 0.3 is 5.97 Å². The third-order valence-corrected chi connectivity index (χ3v) is 3.41. The Balaban J connectivity index is 1.78. The van der Waals surface area contributed by atoms with Gasteiger partial charge in [-0.15, -0.1) is 0 Å². The minimum atomic E-state index is -0.797. The molecule has 2 aromatic rings. The molecule has 0 heterocycles. The van der Waals surface area contributed by atoms with E-state index >= 15 is 0 Å². The number of hydrogen-bond donors (Lipinski definition) is 2. The second-order valence-electron chi connectivity index (χ2n) is 5.74. The number of nitrogens with one attached hydrogen (secondary N) is 2. The van der Waals surface area contributed by atoms with E-state index in [1.165, 1.54) is 13.0 Å². The quantitative estimate of drug-likeness (QED) is 0.393. The van der Waals surface area contributed by atoms with Crippen LogP contribution in [0.4, 0.5) is 0 Å². The van der Waals surface area contributed by atoms with Crippen molar-refractivity contribution in [3.8, 4) is 5.75 Å². The van der Waals surface area contributed by atoms with E-state index in [-0.39, 0.29) is 18.8 Å². The van der Waals surface area contributed by atoms with Crippen LogP contribution in [-0.4, -0.2) is 37.5 Å². The number of amides is 2. The summed E-state index contributed by atoms with van der Waals surface area (Å²) in [6, 6.07) is 18.2. The van der Waals surface area contributed by atoms with Crippen molar-refractivity contribution >= 4 is 23.9 Å². The van der Waals surface area contributed by atoms with Crippen molar-refractivity contribution in [2.75, 3.05) is 19.8 Å². The zero-order chi connectivity index (χ0) is 20.2. The van der Waals surface area contributed by atoms with Crippen LogP contribution in [0, 0.1) is 0 Å². The summed E-state index contributed by atoms with van der Waals surface area (Å²) >= 11 is 0. The van der Waals surface area contributed by atoms with Crippen LogP contribution in [0.25, 0.3) is 6.08 Å². The van der Waals surface area contributed by atoms with Gasteiger partial charge in [0.2, 0.25) is 5.91 Å². The zero-order valence-electron chi connectivity index (χ0n) is 15.5. The highest BCUT2D eigenvalue weighted by atomic mass is 16.5. The molecular formula is C21H22N2O5. The molecule has 2 N–H and O–H groups in total. The van der Waals surface area contributed by atoms with Gasteiger partial charge in [0.1, 0.15) is 18.1 Å². The standard InChI is InChI=1S/C21H22N2O5/c1-16(24)23-19(14-17-8-4-2-5-9-17)21(26)28-15-20(25)22-12-13-27-18-10-6-3-7-11-18/h2-11,14H,12-13,15H2,1H3,(H,22,25)(H,23,24)/b19-14-. The molecule has 2 amide bonds. The van der Waals surface area contributed by atoms with E-state index in [0.717, 1.165) is 0 Å². The van der Waals surface area contributed by atoms with Gasteiger partial charge in [0, 0.05) is 6.92 Å². The Labute approximate surface area is 163 Å². The number of ether oxygens (including phenoxy) is 2. The first-order valence-corrected chi connectivity index (χ1v) is 8.70. The molecule has 7 heteroatoms. The lowest BCUT2D eigenvalue weighted by Crippen LogP contribution is -2.33. The molecule has 2 rings (SSSR count). The summed E-state index contributed by atoms with van der Waals surface area (Å²) in [5.74, 6) is -0.975. The van der Waals surface area contributed by atoms with Crippen molar-refractivity contribution in [2.24, 2.45) is 0 Å². The van der Waals surface area contributed by atoms with Crippen LogP contribution < -0.4 is 15.4 Å². The molecule has 0 unspecified atom stereocenters. The predicted molar refractivity (Wildman–Crippen MR) is 104 cm³/mol. The molecule has 0 fully saturated rings. The molecule has 0 aliphatic heterocycles. The van der Waals surface area contributed by atoms with Crippen molar-refractivity contribution in [1.82, 2.24) is 10.6 Å². The molecular weight excluding hydrogens is 360 g/mol. The van der Waals surface area contributed by atoms with Crippen molar-refractivity contribution in [3.05, 3.63) is 71.9 Å². The molecule has 7 nitrogen and oxygen atoms in total. The first-order chi connectivity index (χ1) is 13.5. The summed E-state index contributed by atoms with van der Waals surface area (Å²) in [5.41, 5.74) is 0.671. The van der Waals surface area contributed by atoms with E-state index in [2.05, 4.69) is 10.6 Å². The molecule has 0 aliphatic rings. The van der Waals surface area contributed by atoms with Gasteiger partial charge in [0.15, 0.2) is 6.61 Å². The van der Waals surface area contributed by atoms with Gasteiger partial charge in [-0.05, 0) is 23.8 Å². The van der Waals surface area contributed by atoms with Gasteiger partial charge in [-0.2, -0.15) is 0 Å². The molecule has 0 spiro atoms. The third kappa shape index (κ3) is 7.74. The van der Waals surface area contributed by atoms with E-state index in [1.54, 1.807) is 24.3 Å². The maximum Gasteiger partial charge on any atom is 0.355 e. The Hall–Kier alpha value is -3.61. The van der Waals surface area contributed by atoms with E-state index < -0.39 is 24.4 Å². The van der Waals surface area contributed by atoms with Crippen molar-refractivity contribution in [2.45, 2.75) is 6.92 Å². The average Bonchev–Trinajstić information content (AvgIpc) is 2.70. The van der Waals surface area contributed by atoms with Crippen LogP contribution >= 0.6 is 0 Å². The van der Waals surface area contributed by atoms with Crippen LogP contribution in [0.15, 0.2) is 66.4 Å². The Kier molecular flexibility index (Phi) is 8.26. The lowest BCUT2D eigenvalue weighted by molar-refractivity contribution is -0.145. The lowest BCUT2D eigenvalue weighted by Gasteiger charge is -2.10. The highest BCUT2D eigenvalue weighted by Gasteiger charge is 2.14. The van der Waals surface area contributed by atoms with Crippen molar-refractivity contribution < 1.29 is 23.9 Å². The Morgan fingerprint density at radius 3 is 2.25 bits per heavy atom. The zero-order valence-corrected chi connectivity index (χ0v) is 15.5. The largest absolute Gasteiger partial charge is 0.492 e. The fraction of sp³-hybridized carbons (Fsp3) is 0.190. The third-order valence-electron chi connectivity index (χ3n) is 3.41. The average molecular weight is 382 g/mol. The smallest absolute Gasteiger partial charge is 0.355 e. The van der Waals surface area contributed by atoms with E-state index in [9.17, 15) is 14.4 Å². The molecule has 2 aromatic carbocycles. The number of carbonyl (C=O) groups excluding carboxylic acids is 3. The predicted octanol–water partition coefficient (Wildman–Crippen LogP) is 1.90. The van der Waals surface area contributed by atoms with E-state index in [0.29, 0.717) is 11.3 Å². The van der Waals surface area contributed by atoms with Gasteiger partial charge in [0.25, 0.3) is 5.91 Å². The number of benzene rings is 2. The Bertz CT molecular complexity index is 819. The summed E-state index contributed by atoms with van der Waals surface area (Å²) in [5, 5.41) is 5.01. The minimum Gasteiger partial charge on any atom is -0.492 e. The summed E-state index contributed by atoms with van der Waals surface area (Å²) in [4.78, 5) is 35.3. The van der Waals surface area contributed by atoms with Crippen LogP contribution in [0.5, 0.6) is 5.75 Å². The molecule has 146 valence electrons. The molecule has 0 aromatic heterocycles. The van der Waals surface area contributed by atoms with Gasteiger partial charge in [-0.1, -0.05) is 48.5 Å². The molecule has 0 atom stereocenters. The van der Waals surface area contributed by atoms with Gasteiger partial charge in [-0.25, -0.2) is 4.79 Å². The molecule has 0 radical (unpaired) electrons. The number of rotatable bonds is 9. The molecule has 0 saturated heterocycles. The SMILES string of the molecule is CC(=O)N/C(=C\c1ccccc1)C(=O)OCC(=O)NCCOc1ccccc1. The second kappa shape index (κ2) is 11.2. The molecule has 0 bridgehead atoms. The van der Waals surface area contributed by atoms with Crippen LogP contribution in [-0.2, 0) is 19.1 Å². The topological polar surface area (TPSA) is 93.7 Å². The highest BCUT2D eigenvalue weighted by molar-refractivity contribution is 5.98. The monoisotopic (exact) mass is 382 g/mol. The minimum absolute atomic E-state index is 0.0427. The van der Waals surface area contributed by atoms with Crippen molar-refractivity contribution in [3.63, 3.8) is 0 Å². The molecule has 0 aliphatic carbocycles. The molecule has 28 heavy (non-hydrogen) atoms. The Morgan fingerprint density at radius 2 is 1.61 bits per heavy atom. The maximum atomic E-state index is 12.2.